The number of aromatic hydroxyl groups is 1. The van der Waals surface area contributed by atoms with Crippen molar-refractivity contribution in [1.29, 1.82) is 0 Å². The average Bonchev–Trinajstić information content (AvgIpc) is 3.21. The third kappa shape index (κ3) is 4.17. The van der Waals surface area contributed by atoms with Crippen LogP contribution in [0.25, 0.3) is 11.0 Å². The molecule has 0 bridgehead atoms. The number of aromatic amines is 1. The zero-order valence-electron chi connectivity index (χ0n) is 17.4. The van der Waals surface area contributed by atoms with Crippen molar-refractivity contribution in [2.24, 2.45) is 10.7 Å². The van der Waals surface area contributed by atoms with E-state index in [0.717, 1.165) is 40.8 Å². The van der Waals surface area contributed by atoms with Crippen molar-refractivity contribution in [2.45, 2.75) is 44.6 Å². The van der Waals surface area contributed by atoms with E-state index in [0.29, 0.717) is 19.6 Å². The second-order valence-electron chi connectivity index (χ2n) is 8.26. The van der Waals surface area contributed by atoms with Crippen LogP contribution in [0.1, 0.15) is 29.8 Å². The van der Waals surface area contributed by atoms with E-state index in [1.54, 1.807) is 0 Å². The molecule has 0 fully saturated rings. The largest absolute Gasteiger partial charge is 0.508 e. The van der Waals surface area contributed by atoms with Crippen LogP contribution in [0.15, 0.2) is 71.3 Å². The maximum absolute atomic E-state index is 10.3. The molecule has 4 N–H and O–H groups in total. The van der Waals surface area contributed by atoms with Crippen molar-refractivity contribution in [3.05, 3.63) is 83.2 Å². The number of dihydropyridines is 1. The molecule has 2 aromatic carbocycles. The topological polar surface area (TPSA) is 90.5 Å². The summed E-state index contributed by atoms with van der Waals surface area (Å²) in [5.74, 6) is 1.21. The van der Waals surface area contributed by atoms with Crippen molar-refractivity contribution in [3.63, 3.8) is 0 Å². The number of para-hydroxylation sites is 2. The minimum atomic E-state index is 0.260. The van der Waals surface area contributed by atoms with Crippen LogP contribution in [0.5, 0.6) is 5.75 Å². The van der Waals surface area contributed by atoms with Crippen molar-refractivity contribution in [2.75, 3.05) is 0 Å². The predicted octanol–water partition coefficient (Wildman–Crippen LogP) is 3.83. The molecule has 2 heterocycles. The lowest BCUT2D eigenvalue weighted by molar-refractivity contribution is 0.188. The maximum Gasteiger partial charge on any atom is 0.121 e. The zero-order chi connectivity index (χ0) is 21.2. The molecule has 2 aliphatic rings. The smallest absolute Gasteiger partial charge is 0.121 e. The number of allylic oxidation sites excluding steroid dienone is 1. The van der Waals surface area contributed by atoms with Gasteiger partial charge in [0.1, 0.15) is 11.6 Å². The highest BCUT2D eigenvalue weighted by atomic mass is 16.3. The van der Waals surface area contributed by atoms with E-state index in [4.69, 9.17) is 10.7 Å². The zero-order valence-corrected chi connectivity index (χ0v) is 17.4. The Morgan fingerprint density at radius 2 is 2.03 bits per heavy atom. The van der Waals surface area contributed by atoms with Gasteiger partial charge in [0, 0.05) is 30.9 Å². The number of aliphatic imine (C=N–C) groups is 1. The van der Waals surface area contributed by atoms with Gasteiger partial charge in [0.15, 0.2) is 0 Å². The summed E-state index contributed by atoms with van der Waals surface area (Å²) in [6, 6.07) is 14.5. The van der Waals surface area contributed by atoms with Crippen LogP contribution in [0.2, 0.25) is 0 Å². The number of nitrogens with two attached hydrogens (primary N) is 1. The van der Waals surface area contributed by atoms with Crippen LogP contribution < -0.4 is 5.73 Å². The molecular formula is C25H27N5O. The Morgan fingerprint density at radius 1 is 1.13 bits per heavy atom. The van der Waals surface area contributed by atoms with Gasteiger partial charge in [-0.25, -0.2) is 4.98 Å². The second-order valence-corrected chi connectivity index (χ2v) is 8.26. The minimum Gasteiger partial charge on any atom is -0.508 e. The van der Waals surface area contributed by atoms with E-state index in [9.17, 15) is 5.11 Å². The molecular weight excluding hydrogens is 386 g/mol. The number of nitrogens with zero attached hydrogens (tertiary/aromatic N) is 3. The predicted molar refractivity (Wildman–Crippen MR) is 124 cm³/mol. The number of nitrogens with one attached hydrogen (secondary N) is 1. The molecule has 0 spiro atoms. The van der Waals surface area contributed by atoms with Gasteiger partial charge in [-0.2, -0.15) is 0 Å². The van der Waals surface area contributed by atoms with Gasteiger partial charge >= 0.3 is 0 Å². The fourth-order valence-electron chi connectivity index (χ4n) is 4.51. The van der Waals surface area contributed by atoms with Gasteiger partial charge in [-0.05, 0) is 48.3 Å². The Kier molecular flexibility index (Phi) is 5.40. The lowest BCUT2D eigenvalue weighted by atomic mass is 9.89. The number of hydrogen-bond donors (Lipinski definition) is 3. The summed E-state index contributed by atoms with van der Waals surface area (Å²) in [4.78, 5) is 15.3. The van der Waals surface area contributed by atoms with Crippen LogP contribution in [0, 0.1) is 0 Å². The molecule has 0 amide bonds. The SMILES string of the molecule is NCc1ccc(CN(Cc2nc3ccccc3[nH]2)C2C=C3C=CC=NC3CC2)cc1O. The molecule has 0 saturated heterocycles. The maximum atomic E-state index is 10.3. The number of imidazole rings is 1. The molecule has 1 aromatic heterocycles. The van der Waals surface area contributed by atoms with Crippen molar-refractivity contribution in [3.8, 4) is 5.75 Å². The first-order chi connectivity index (χ1) is 15.2. The Balaban J connectivity index is 1.45. The highest BCUT2D eigenvalue weighted by Crippen LogP contribution is 2.29. The number of rotatable bonds is 6. The van der Waals surface area contributed by atoms with E-state index in [-0.39, 0.29) is 17.8 Å². The van der Waals surface area contributed by atoms with E-state index in [2.05, 4.69) is 39.2 Å². The Bertz CT molecular complexity index is 1140. The third-order valence-corrected chi connectivity index (χ3v) is 6.16. The van der Waals surface area contributed by atoms with E-state index in [1.165, 1.54) is 5.57 Å². The molecule has 158 valence electrons. The molecule has 1 aliphatic heterocycles. The lowest BCUT2D eigenvalue weighted by Crippen LogP contribution is -2.37. The fraction of sp³-hybridized carbons (Fsp3) is 0.280. The lowest BCUT2D eigenvalue weighted by Gasteiger charge is -2.34. The Hall–Kier alpha value is -3.22. The molecule has 6 nitrogen and oxygen atoms in total. The van der Waals surface area contributed by atoms with E-state index in [1.807, 2.05) is 42.6 Å². The molecule has 1 aliphatic carbocycles. The van der Waals surface area contributed by atoms with Crippen molar-refractivity contribution >= 4 is 17.2 Å². The Morgan fingerprint density at radius 3 is 2.87 bits per heavy atom. The molecule has 6 heteroatoms. The van der Waals surface area contributed by atoms with Gasteiger partial charge < -0.3 is 15.8 Å². The van der Waals surface area contributed by atoms with Crippen LogP contribution in [0.4, 0.5) is 0 Å². The quantitative estimate of drug-likeness (QED) is 0.573. The van der Waals surface area contributed by atoms with Crippen LogP contribution in [0.3, 0.4) is 0 Å². The summed E-state index contributed by atoms with van der Waals surface area (Å²) < 4.78 is 0. The van der Waals surface area contributed by atoms with Crippen LogP contribution >= 0.6 is 0 Å². The summed E-state index contributed by atoms with van der Waals surface area (Å²) in [6.45, 7) is 1.74. The fourth-order valence-corrected chi connectivity index (χ4v) is 4.51. The number of phenols is 1. The number of phenolic OH excluding ortho intramolecular Hbond substituents is 1. The number of hydrogen-bond acceptors (Lipinski definition) is 5. The number of benzene rings is 2. The van der Waals surface area contributed by atoms with E-state index >= 15 is 0 Å². The summed E-state index contributed by atoms with van der Waals surface area (Å²) in [7, 11) is 0. The van der Waals surface area contributed by atoms with Crippen molar-refractivity contribution < 1.29 is 5.11 Å². The van der Waals surface area contributed by atoms with Gasteiger partial charge in [-0.15, -0.1) is 0 Å². The highest BCUT2D eigenvalue weighted by Gasteiger charge is 2.27. The van der Waals surface area contributed by atoms with E-state index < -0.39 is 0 Å². The standard InChI is InChI=1S/C25H27N5O/c26-14-19-8-7-17(12-24(19)31)15-30(16-25-28-22-5-1-2-6-23(22)29-25)20-9-10-21-18(13-20)4-3-11-27-21/h1-8,11-13,20-21,31H,9-10,14-16,26H2,(H,28,29). The summed E-state index contributed by atoms with van der Waals surface area (Å²) in [5, 5.41) is 10.3. The van der Waals surface area contributed by atoms with Crippen molar-refractivity contribution in [1.82, 2.24) is 14.9 Å². The summed E-state index contributed by atoms with van der Waals surface area (Å²) in [6.07, 6.45) is 10.5. The summed E-state index contributed by atoms with van der Waals surface area (Å²) >= 11 is 0. The van der Waals surface area contributed by atoms with Crippen LogP contribution in [-0.4, -0.2) is 38.3 Å². The summed E-state index contributed by atoms with van der Waals surface area (Å²) in [5.41, 5.74) is 10.9. The minimum absolute atomic E-state index is 0.260. The molecule has 5 rings (SSSR count). The first-order valence-electron chi connectivity index (χ1n) is 10.8. The average molecular weight is 414 g/mol. The number of fused-ring (bicyclic) bond motifs is 2. The first kappa shape index (κ1) is 19.7. The number of aromatic nitrogens is 2. The molecule has 2 atom stereocenters. The number of H-pyrrole nitrogens is 1. The van der Waals surface area contributed by atoms with Gasteiger partial charge in [0.2, 0.25) is 0 Å². The molecule has 0 saturated carbocycles. The third-order valence-electron chi connectivity index (χ3n) is 6.16. The highest BCUT2D eigenvalue weighted by molar-refractivity contribution is 5.75. The van der Waals surface area contributed by atoms with Crippen LogP contribution in [-0.2, 0) is 19.6 Å². The molecule has 0 radical (unpaired) electrons. The van der Waals surface area contributed by atoms with Gasteiger partial charge in [-0.1, -0.05) is 36.4 Å². The van der Waals surface area contributed by atoms with Gasteiger partial charge in [0.05, 0.1) is 23.6 Å². The van der Waals surface area contributed by atoms with Gasteiger partial charge in [-0.3, -0.25) is 9.89 Å². The second kappa shape index (κ2) is 8.49. The first-order valence-corrected chi connectivity index (χ1v) is 10.8. The molecule has 31 heavy (non-hydrogen) atoms. The van der Waals surface area contributed by atoms with Gasteiger partial charge in [0.25, 0.3) is 0 Å². The molecule has 3 aromatic rings. The Labute approximate surface area is 181 Å². The monoisotopic (exact) mass is 413 g/mol. The normalized spacial score (nSPS) is 20.3. The molecule has 2 unspecified atom stereocenters.